The van der Waals surface area contributed by atoms with Crippen LogP contribution in [-0.2, 0) is 4.79 Å². The van der Waals surface area contributed by atoms with Crippen molar-refractivity contribution < 1.29 is 19.5 Å². The number of fused-ring (bicyclic) bond motifs is 1. The SMILES string of the molecule is CN(CC(=O)Nc1ccc(Cl)cc1)C[C@@H](O)CN1C(=O)c2ccccc2C1=O. The van der Waals surface area contributed by atoms with Crippen LogP contribution in [0.4, 0.5) is 5.69 Å². The zero-order valence-corrected chi connectivity index (χ0v) is 16.0. The van der Waals surface area contributed by atoms with Crippen molar-refractivity contribution in [1.29, 1.82) is 0 Å². The van der Waals surface area contributed by atoms with Gasteiger partial charge in [0.05, 0.1) is 30.3 Å². The predicted octanol–water partition coefficient (Wildman–Crippen LogP) is 1.87. The molecule has 7 nitrogen and oxygen atoms in total. The number of hydrogen-bond donors (Lipinski definition) is 2. The summed E-state index contributed by atoms with van der Waals surface area (Å²) in [5.41, 5.74) is 1.31. The van der Waals surface area contributed by atoms with Crippen LogP contribution < -0.4 is 5.32 Å². The third-order valence-electron chi connectivity index (χ3n) is 4.34. The Balaban J connectivity index is 1.50. The second kappa shape index (κ2) is 8.52. The maximum atomic E-state index is 12.3. The molecule has 1 aliphatic heterocycles. The number of rotatable bonds is 7. The maximum absolute atomic E-state index is 12.3. The lowest BCUT2D eigenvalue weighted by molar-refractivity contribution is -0.117. The van der Waals surface area contributed by atoms with Gasteiger partial charge in [-0.3, -0.25) is 24.2 Å². The van der Waals surface area contributed by atoms with Crippen LogP contribution in [0.1, 0.15) is 20.7 Å². The lowest BCUT2D eigenvalue weighted by atomic mass is 10.1. The molecule has 0 saturated carbocycles. The molecule has 0 aromatic heterocycles. The van der Waals surface area contributed by atoms with Gasteiger partial charge in [-0.05, 0) is 43.4 Å². The Bertz CT molecular complexity index is 866. The first-order valence-electron chi connectivity index (χ1n) is 8.72. The van der Waals surface area contributed by atoms with Crippen molar-refractivity contribution in [3.8, 4) is 0 Å². The number of benzene rings is 2. The van der Waals surface area contributed by atoms with Crippen molar-refractivity contribution in [1.82, 2.24) is 9.80 Å². The van der Waals surface area contributed by atoms with Gasteiger partial charge in [-0.15, -0.1) is 0 Å². The Morgan fingerprint density at radius 3 is 2.25 bits per heavy atom. The zero-order valence-electron chi connectivity index (χ0n) is 15.3. The summed E-state index contributed by atoms with van der Waals surface area (Å²) in [5, 5.41) is 13.6. The summed E-state index contributed by atoms with van der Waals surface area (Å²) < 4.78 is 0. The van der Waals surface area contributed by atoms with Crippen molar-refractivity contribution in [2.24, 2.45) is 0 Å². The molecule has 1 atom stereocenters. The topological polar surface area (TPSA) is 90.0 Å². The molecule has 146 valence electrons. The number of carbonyl (C=O) groups is 3. The average Bonchev–Trinajstić information content (AvgIpc) is 2.88. The van der Waals surface area contributed by atoms with Gasteiger partial charge in [-0.2, -0.15) is 0 Å². The van der Waals surface area contributed by atoms with Crippen LogP contribution in [0, 0.1) is 0 Å². The molecule has 0 fully saturated rings. The van der Waals surface area contributed by atoms with Gasteiger partial charge in [0.1, 0.15) is 0 Å². The normalized spacial score (nSPS) is 14.4. The Hall–Kier alpha value is -2.74. The number of amides is 3. The van der Waals surface area contributed by atoms with E-state index >= 15 is 0 Å². The van der Waals surface area contributed by atoms with E-state index in [-0.39, 0.29) is 25.5 Å². The average molecular weight is 402 g/mol. The molecular formula is C20H20ClN3O4. The Morgan fingerprint density at radius 2 is 1.68 bits per heavy atom. The quantitative estimate of drug-likeness (QED) is 0.691. The third-order valence-corrected chi connectivity index (χ3v) is 4.59. The highest BCUT2D eigenvalue weighted by atomic mass is 35.5. The highest BCUT2D eigenvalue weighted by Crippen LogP contribution is 2.22. The summed E-state index contributed by atoms with van der Waals surface area (Å²) in [5.74, 6) is -1.08. The maximum Gasteiger partial charge on any atom is 0.261 e. The second-order valence-corrected chi connectivity index (χ2v) is 7.11. The standard InChI is InChI=1S/C20H20ClN3O4/c1-23(12-18(26)22-14-8-6-13(21)7-9-14)10-15(25)11-24-19(27)16-4-2-3-5-17(16)20(24)28/h2-9,15,25H,10-12H2,1H3,(H,22,26)/t15-/m1/s1. The van der Waals surface area contributed by atoms with E-state index in [0.29, 0.717) is 21.8 Å². The van der Waals surface area contributed by atoms with Gasteiger partial charge in [-0.25, -0.2) is 0 Å². The van der Waals surface area contributed by atoms with E-state index in [4.69, 9.17) is 11.6 Å². The second-order valence-electron chi connectivity index (χ2n) is 6.67. The van der Waals surface area contributed by atoms with E-state index in [2.05, 4.69) is 5.32 Å². The minimum absolute atomic E-state index is 0.0435. The van der Waals surface area contributed by atoms with Crippen molar-refractivity contribution in [3.63, 3.8) is 0 Å². The lowest BCUT2D eigenvalue weighted by Crippen LogP contribution is -2.43. The van der Waals surface area contributed by atoms with Crippen LogP contribution in [0.15, 0.2) is 48.5 Å². The van der Waals surface area contributed by atoms with Gasteiger partial charge in [0, 0.05) is 17.3 Å². The Kier molecular flexibility index (Phi) is 6.08. The molecule has 0 bridgehead atoms. The highest BCUT2D eigenvalue weighted by Gasteiger charge is 2.36. The first-order valence-corrected chi connectivity index (χ1v) is 9.10. The van der Waals surface area contributed by atoms with Crippen LogP contribution >= 0.6 is 11.6 Å². The molecule has 28 heavy (non-hydrogen) atoms. The molecule has 2 aromatic carbocycles. The van der Waals surface area contributed by atoms with Crippen LogP contribution in [0.3, 0.4) is 0 Å². The predicted molar refractivity (Wildman–Crippen MR) is 105 cm³/mol. The van der Waals surface area contributed by atoms with E-state index < -0.39 is 17.9 Å². The smallest absolute Gasteiger partial charge is 0.261 e. The minimum Gasteiger partial charge on any atom is -0.390 e. The van der Waals surface area contributed by atoms with Gasteiger partial charge in [-0.1, -0.05) is 23.7 Å². The van der Waals surface area contributed by atoms with Gasteiger partial charge in [0.15, 0.2) is 0 Å². The summed E-state index contributed by atoms with van der Waals surface area (Å²) in [7, 11) is 1.67. The van der Waals surface area contributed by atoms with Gasteiger partial charge < -0.3 is 10.4 Å². The molecule has 3 rings (SSSR count). The number of nitrogens with one attached hydrogen (secondary N) is 1. The molecule has 2 aromatic rings. The fourth-order valence-electron chi connectivity index (χ4n) is 3.08. The zero-order chi connectivity index (χ0) is 20.3. The molecule has 0 unspecified atom stereocenters. The lowest BCUT2D eigenvalue weighted by Gasteiger charge is -2.23. The Morgan fingerprint density at radius 1 is 1.11 bits per heavy atom. The van der Waals surface area contributed by atoms with Gasteiger partial charge in [0.2, 0.25) is 5.91 Å². The number of aliphatic hydroxyl groups is 1. The van der Waals surface area contributed by atoms with E-state index in [1.54, 1.807) is 60.5 Å². The molecule has 1 heterocycles. The van der Waals surface area contributed by atoms with Crippen LogP contribution in [0.5, 0.6) is 0 Å². The van der Waals surface area contributed by atoms with Crippen LogP contribution in [-0.4, -0.2) is 65.4 Å². The first kappa shape index (κ1) is 20.0. The Labute approximate surface area is 167 Å². The number of anilines is 1. The molecule has 3 amide bonds. The molecule has 2 N–H and O–H groups in total. The molecule has 1 aliphatic rings. The molecule has 0 radical (unpaired) electrons. The van der Waals surface area contributed by atoms with Crippen molar-refractivity contribution in [3.05, 3.63) is 64.7 Å². The van der Waals surface area contributed by atoms with E-state index in [1.165, 1.54) is 0 Å². The van der Waals surface area contributed by atoms with Gasteiger partial charge in [0.25, 0.3) is 11.8 Å². The third kappa shape index (κ3) is 4.56. The fourth-order valence-corrected chi connectivity index (χ4v) is 3.20. The molecule has 8 heteroatoms. The van der Waals surface area contributed by atoms with Crippen molar-refractivity contribution in [2.45, 2.75) is 6.10 Å². The number of halogens is 1. The first-order chi connectivity index (χ1) is 13.3. The number of carbonyl (C=O) groups excluding carboxylic acids is 3. The number of nitrogens with zero attached hydrogens (tertiary/aromatic N) is 2. The summed E-state index contributed by atoms with van der Waals surface area (Å²) in [6.45, 7) is 0.0404. The largest absolute Gasteiger partial charge is 0.390 e. The number of hydrogen-bond acceptors (Lipinski definition) is 5. The number of likely N-dealkylation sites (N-methyl/N-ethyl adjacent to an activating group) is 1. The summed E-state index contributed by atoms with van der Waals surface area (Å²) in [6, 6.07) is 13.3. The summed E-state index contributed by atoms with van der Waals surface area (Å²) in [4.78, 5) is 39.4. The molecule has 0 spiro atoms. The number of imide groups is 1. The van der Waals surface area contributed by atoms with E-state index in [1.807, 2.05) is 0 Å². The minimum atomic E-state index is -0.976. The monoisotopic (exact) mass is 401 g/mol. The van der Waals surface area contributed by atoms with E-state index in [0.717, 1.165) is 4.90 Å². The number of aliphatic hydroxyl groups excluding tert-OH is 1. The van der Waals surface area contributed by atoms with Crippen molar-refractivity contribution >= 4 is 35.0 Å². The van der Waals surface area contributed by atoms with E-state index in [9.17, 15) is 19.5 Å². The molecular weight excluding hydrogens is 382 g/mol. The molecule has 0 saturated heterocycles. The fraction of sp³-hybridized carbons (Fsp3) is 0.250. The summed E-state index contributed by atoms with van der Waals surface area (Å²) in [6.07, 6.45) is -0.976. The van der Waals surface area contributed by atoms with Crippen molar-refractivity contribution in [2.75, 3.05) is 32.0 Å². The van der Waals surface area contributed by atoms with Crippen LogP contribution in [0.25, 0.3) is 0 Å². The van der Waals surface area contributed by atoms with Gasteiger partial charge >= 0.3 is 0 Å². The molecule has 0 aliphatic carbocycles. The highest BCUT2D eigenvalue weighted by molar-refractivity contribution is 6.30. The number of β-amino-alcohol motifs (C(OH)–C–C–N with tert-alkyl or cyclic N) is 1. The van der Waals surface area contributed by atoms with Crippen LogP contribution in [0.2, 0.25) is 5.02 Å². The summed E-state index contributed by atoms with van der Waals surface area (Å²) >= 11 is 5.81.